The Kier molecular flexibility index (Phi) is 11.1. The summed E-state index contributed by atoms with van der Waals surface area (Å²) in [5.74, 6) is 1.58. The van der Waals surface area contributed by atoms with Gasteiger partial charge in [0.15, 0.2) is 11.5 Å². The zero-order valence-electron chi connectivity index (χ0n) is 23.7. The van der Waals surface area contributed by atoms with Crippen molar-refractivity contribution in [1.82, 2.24) is 14.9 Å². The molecule has 3 aromatic rings. The molecule has 1 N–H and O–H groups in total. The van der Waals surface area contributed by atoms with E-state index in [2.05, 4.69) is 31.2 Å². The quantitative estimate of drug-likeness (QED) is 0.243. The molecule has 2 aromatic carbocycles. The van der Waals surface area contributed by atoms with Crippen molar-refractivity contribution in [2.24, 2.45) is 5.92 Å². The van der Waals surface area contributed by atoms with E-state index in [9.17, 15) is 9.59 Å². The van der Waals surface area contributed by atoms with Crippen molar-refractivity contribution in [3.8, 4) is 11.5 Å². The average molecular weight is 630 g/mol. The summed E-state index contributed by atoms with van der Waals surface area (Å²) in [6.45, 7) is 6.00. The van der Waals surface area contributed by atoms with E-state index in [0.717, 1.165) is 40.3 Å². The van der Waals surface area contributed by atoms with Gasteiger partial charge in [-0.1, -0.05) is 22.0 Å². The molecular formula is C30H37BrN4O6. The highest BCUT2D eigenvalue weighted by molar-refractivity contribution is 9.10. The molecule has 10 nitrogen and oxygen atoms in total. The summed E-state index contributed by atoms with van der Waals surface area (Å²) in [5, 5.41) is 4.19. The summed E-state index contributed by atoms with van der Waals surface area (Å²) in [6.07, 6.45) is 4.17. The fraction of sp³-hybridized carbons (Fsp3) is 0.467. The van der Waals surface area contributed by atoms with Gasteiger partial charge >= 0.3 is 11.9 Å². The summed E-state index contributed by atoms with van der Waals surface area (Å²) in [6, 6.07) is 11.0. The highest BCUT2D eigenvalue weighted by Gasteiger charge is 2.33. The van der Waals surface area contributed by atoms with E-state index in [-0.39, 0.29) is 31.6 Å². The van der Waals surface area contributed by atoms with Crippen LogP contribution in [0.1, 0.15) is 39.5 Å². The van der Waals surface area contributed by atoms with Gasteiger partial charge in [-0.15, -0.1) is 0 Å². The number of piperidine rings is 1. The lowest BCUT2D eigenvalue weighted by atomic mass is 9.92. The predicted octanol–water partition coefficient (Wildman–Crippen LogP) is 5.51. The summed E-state index contributed by atoms with van der Waals surface area (Å²) in [7, 11) is 1.61. The zero-order chi connectivity index (χ0) is 29.2. The van der Waals surface area contributed by atoms with E-state index in [1.165, 1.54) is 6.33 Å². The molecule has 4 rings (SSSR count). The van der Waals surface area contributed by atoms with Gasteiger partial charge in [-0.05, 0) is 76.4 Å². The molecule has 1 saturated heterocycles. The molecule has 1 atom stereocenters. The van der Waals surface area contributed by atoms with Crippen LogP contribution >= 0.6 is 15.9 Å². The van der Waals surface area contributed by atoms with Gasteiger partial charge in [-0.2, -0.15) is 0 Å². The molecule has 1 fully saturated rings. The van der Waals surface area contributed by atoms with E-state index < -0.39 is 6.04 Å². The lowest BCUT2D eigenvalue weighted by Crippen LogP contribution is -2.47. The number of hydrogen-bond donors (Lipinski definition) is 1. The largest absolute Gasteiger partial charge is 0.493 e. The third-order valence-electron chi connectivity index (χ3n) is 7.11. The van der Waals surface area contributed by atoms with Crippen LogP contribution in [0.25, 0.3) is 10.9 Å². The molecule has 220 valence electrons. The Morgan fingerprint density at radius 2 is 1.85 bits per heavy atom. The maximum Gasteiger partial charge on any atom is 0.323 e. The minimum Gasteiger partial charge on any atom is -0.493 e. The predicted molar refractivity (Wildman–Crippen MR) is 160 cm³/mol. The second-order valence-electron chi connectivity index (χ2n) is 9.77. The molecule has 1 aromatic heterocycles. The molecular weight excluding hydrogens is 592 g/mol. The first kappa shape index (κ1) is 30.5. The Morgan fingerprint density at radius 1 is 1.07 bits per heavy atom. The van der Waals surface area contributed by atoms with Crippen LogP contribution in [0.2, 0.25) is 0 Å². The minimum absolute atomic E-state index is 0.00428. The Balaban J connectivity index is 1.37. The number of halogens is 1. The Bertz CT molecular complexity index is 1330. The molecule has 0 aliphatic carbocycles. The number of likely N-dealkylation sites (tertiary alicyclic amines) is 1. The molecule has 0 saturated carbocycles. The van der Waals surface area contributed by atoms with Crippen LogP contribution in [0.3, 0.4) is 0 Å². The standard InChI is InChI=1S/C30H37BrN4O6/c1-4-39-28(36)18-25(30(37)40-5-2)35-12-9-20(10-13-35)11-14-41-27-16-23-24(17-26(27)38-3)32-19-33-29(23)34-22-8-6-7-21(31)15-22/h6-8,15-17,19-20,25H,4-5,9-14,18H2,1-3H3,(H,32,33,34). The number of nitrogens with zero attached hydrogens (tertiary/aromatic N) is 3. The van der Waals surface area contributed by atoms with Crippen molar-refractivity contribution in [3.05, 3.63) is 47.2 Å². The number of fused-ring (bicyclic) bond motifs is 1. The minimum atomic E-state index is -0.616. The molecule has 0 spiro atoms. The Hall–Kier alpha value is -3.44. The van der Waals surface area contributed by atoms with Crippen LogP contribution < -0.4 is 14.8 Å². The van der Waals surface area contributed by atoms with Gasteiger partial charge in [-0.25, -0.2) is 9.97 Å². The van der Waals surface area contributed by atoms with E-state index >= 15 is 0 Å². The molecule has 0 bridgehead atoms. The molecule has 1 unspecified atom stereocenters. The van der Waals surface area contributed by atoms with Crippen LogP contribution in [0.4, 0.5) is 11.5 Å². The van der Waals surface area contributed by atoms with Gasteiger partial charge in [0.25, 0.3) is 0 Å². The van der Waals surface area contributed by atoms with Crippen molar-refractivity contribution in [3.63, 3.8) is 0 Å². The van der Waals surface area contributed by atoms with Crippen LogP contribution in [-0.2, 0) is 19.1 Å². The Morgan fingerprint density at radius 3 is 2.56 bits per heavy atom. The number of esters is 2. The topological polar surface area (TPSA) is 112 Å². The van der Waals surface area contributed by atoms with Gasteiger partial charge < -0.3 is 24.3 Å². The van der Waals surface area contributed by atoms with Crippen molar-refractivity contribution < 1.29 is 28.5 Å². The van der Waals surface area contributed by atoms with Crippen LogP contribution in [0, 0.1) is 5.92 Å². The van der Waals surface area contributed by atoms with Gasteiger partial charge in [0.05, 0.1) is 38.9 Å². The zero-order valence-corrected chi connectivity index (χ0v) is 25.3. The molecule has 41 heavy (non-hydrogen) atoms. The molecule has 0 radical (unpaired) electrons. The number of carbonyl (C=O) groups excluding carboxylic acids is 2. The molecule has 1 aliphatic rings. The second kappa shape index (κ2) is 15.0. The van der Waals surface area contributed by atoms with Crippen molar-refractivity contribution >= 4 is 50.3 Å². The number of hydrogen-bond acceptors (Lipinski definition) is 10. The number of anilines is 2. The number of methoxy groups -OCH3 is 1. The highest BCUT2D eigenvalue weighted by Crippen LogP contribution is 2.35. The Labute approximate surface area is 248 Å². The fourth-order valence-corrected chi connectivity index (χ4v) is 5.40. The maximum absolute atomic E-state index is 12.6. The van der Waals surface area contributed by atoms with Crippen LogP contribution in [-0.4, -0.2) is 72.9 Å². The van der Waals surface area contributed by atoms with Gasteiger partial charge in [0, 0.05) is 21.6 Å². The van der Waals surface area contributed by atoms with E-state index in [1.54, 1.807) is 21.0 Å². The molecule has 2 heterocycles. The van der Waals surface area contributed by atoms with Crippen LogP contribution in [0.15, 0.2) is 47.2 Å². The number of nitrogens with one attached hydrogen (secondary N) is 1. The number of carbonyl (C=O) groups is 2. The monoisotopic (exact) mass is 628 g/mol. The highest BCUT2D eigenvalue weighted by atomic mass is 79.9. The van der Waals surface area contributed by atoms with Crippen LogP contribution in [0.5, 0.6) is 11.5 Å². The normalized spacial score (nSPS) is 14.8. The summed E-state index contributed by atoms with van der Waals surface area (Å²) < 4.78 is 23.1. The molecule has 1 aliphatic heterocycles. The maximum atomic E-state index is 12.6. The number of aromatic nitrogens is 2. The van der Waals surface area contributed by atoms with Crippen molar-refractivity contribution in [1.29, 1.82) is 0 Å². The first-order chi connectivity index (χ1) is 19.9. The summed E-state index contributed by atoms with van der Waals surface area (Å²) in [4.78, 5) is 35.6. The third kappa shape index (κ3) is 8.29. The average Bonchev–Trinajstić information content (AvgIpc) is 2.96. The smallest absolute Gasteiger partial charge is 0.323 e. The number of ether oxygens (including phenoxy) is 4. The fourth-order valence-electron chi connectivity index (χ4n) is 5.01. The first-order valence-electron chi connectivity index (χ1n) is 14.0. The number of benzene rings is 2. The van der Waals surface area contributed by atoms with E-state index in [4.69, 9.17) is 18.9 Å². The summed E-state index contributed by atoms with van der Waals surface area (Å²) in [5.41, 5.74) is 1.64. The molecule has 0 amide bonds. The summed E-state index contributed by atoms with van der Waals surface area (Å²) >= 11 is 3.50. The van der Waals surface area contributed by atoms with E-state index in [0.29, 0.717) is 42.9 Å². The SMILES string of the molecule is CCOC(=O)CC(C(=O)OCC)N1CCC(CCOc2cc3c(Nc4cccc(Br)c4)ncnc3cc2OC)CC1. The van der Waals surface area contributed by atoms with Gasteiger partial charge in [-0.3, -0.25) is 14.5 Å². The van der Waals surface area contributed by atoms with E-state index in [1.807, 2.05) is 41.3 Å². The van der Waals surface area contributed by atoms with Crippen molar-refractivity contribution in [2.75, 3.05) is 45.3 Å². The lowest BCUT2D eigenvalue weighted by Gasteiger charge is -2.36. The van der Waals surface area contributed by atoms with Gasteiger partial charge in [0.2, 0.25) is 0 Å². The first-order valence-corrected chi connectivity index (χ1v) is 14.8. The van der Waals surface area contributed by atoms with Gasteiger partial charge in [0.1, 0.15) is 18.2 Å². The second-order valence-corrected chi connectivity index (χ2v) is 10.7. The molecule has 11 heteroatoms. The third-order valence-corrected chi connectivity index (χ3v) is 7.60. The number of rotatable bonds is 13. The lowest BCUT2D eigenvalue weighted by molar-refractivity contribution is -0.156. The van der Waals surface area contributed by atoms with Crippen molar-refractivity contribution in [2.45, 2.75) is 45.6 Å².